The van der Waals surface area contributed by atoms with Crippen molar-refractivity contribution in [2.45, 2.75) is 18.6 Å². The molecule has 0 amide bonds. The van der Waals surface area contributed by atoms with E-state index >= 15 is 0 Å². The summed E-state index contributed by atoms with van der Waals surface area (Å²) in [6, 6.07) is 5.24. The van der Waals surface area contributed by atoms with Crippen molar-refractivity contribution >= 4 is 10.0 Å². The van der Waals surface area contributed by atoms with Crippen LogP contribution in [-0.2, 0) is 14.8 Å². The lowest BCUT2D eigenvalue weighted by atomic mass is 10.0. The Bertz CT molecular complexity index is 546. The van der Waals surface area contributed by atoms with Crippen molar-refractivity contribution in [2.75, 3.05) is 26.0 Å². The Morgan fingerprint density at radius 1 is 1.40 bits per heavy atom. The van der Waals surface area contributed by atoms with Gasteiger partial charge in [0.1, 0.15) is 5.82 Å². The van der Waals surface area contributed by atoms with E-state index in [9.17, 15) is 17.9 Å². The van der Waals surface area contributed by atoms with Crippen LogP contribution in [0.2, 0.25) is 0 Å². The third kappa shape index (κ3) is 3.35. The number of hydrogen-bond donors (Lipinski definition) is 1. The maximum absolute atomic E-state index is 13.0. The van der Waals surface area contributed by atoms with E-state index in [0.717, 1.165) is 0 Å². The van der Waals surface area contributed by atoms with Gasteiger partial charge in [-0.1, -0.05) is 12.1 Å². The second-order valence-electron chi connectivity index (χ2n) is 4.84. The van der Waals surface area contributed by atoms with Gasteiger partial charge in [0.2, 0.25) is 10.0 Å². The molecule has 0 aliphatic carbocycles. The molecule has 7 heteroatoms. The summed E-state index contributed by atoms with van der Waals surface area (Å²) in [5, 5.41) is 9.76. The van der Waals surface area contributed by atoms with Crippen LogP contribution in [-0.4, -0.2) is 49.9 Å². The van der Waals surface area contributed by atoms with E-state index in [4.69, 9.17) is 4.74 Å². The molecule has 2 rings (SSSR count). The van der Waals surface area contributed by atoms with Crippen LogP contribution in [0, 0.1) is 5.82 Å². The second-order valence-corrected chi connectivity index (χ2v) is 6.88. The van der Waals surface area contributed by atoms with Crippen LogP contribution in [0.25, 0.3) is 0 Å². The molecule has 1 heterocycles. The normalized spacial score (nSPS) is 24.1. The van der Waals surface area contributed by atoms with Gasteiger partial charge in [0.25, 0.3) is 0 Å². The predicted molar refractivity (Wildman–Crippen MR) is 72.1 cm³/mol. The quantitative estimate of drug-likeness (QED) is 0.878. The molecule has 1 aromatic carbocycles. The van der Waals surface area contributed by atoms with Gasteiger partial charge in [-0.15, -0.1) is 0 Å². The van der Waals surface area contributed by atoms with Gasteiger partial charge in [0, 0.05) is 13.7 Å². The minimum Gasteiger partial charge on any atom is -0.392 e. The number of aliphatic hydroxyl groups is 1. The van der Waals surface area contributed by atoms with Gasteiger partial charge in [-0.3, -0.25) is 0 Å². The molecule has 1 aliphatic rings. The molecule has 0 aromatic heterocycles. The van der Waals surface area contributed by atoms with Crippen molar-refractivity contribution in [3.05, 3.63) is 35.6 Å². The van der Waals surface area contributed by atoms with Gasteiger partial charge in [0.05, 0.1) is 24.5 Å². The highest BCUT2D eigenvalue weighted by molar-refractivity contribution is 7.89. The smallest absolute Gasteiger partial charge is 0.217 e. The molecule has 1 fully saturated rings. The molecular formula is C13H18FNO4S. The fourth-order valence-corrected chi connectivity index (χ4v) is 3.99. The van der Waals surface area contributed by atoms with Crippen LogP contribution >= 0.6 is 0 Å². The minimum atomic E-state index is -3.51. The van der Waals surface area contributed by atoms with E-state index < -0.39 is 22.2 Å². The monoisotopic (exact) mass is 303 g/mol. The summed E-state index contributed by atoms with van der Waals surface area (Å²) in [6.07, 6.45) is -0.389. The third-order valence-electron chi connectivity index (χ3n) is 3.39. The first kappa shape index (κ1) is 15.4. The minimum absolute atomic E-state index is 0.0636. The molecule has 20 heavy (non-hydrogen) atoms. The molecule has 0 bridgehead atoms. The van der Waals surface area contributed by atoms with E-state index in [2.05, 4.69) is 0 Å². The summed E-state index contributed by atoms with van der Waals surface area (Å²) in [7, 11) is -2.07. The molecule has 1 aromatic rings. The van der Waals surface area contributed by atoms with Gasteiger partial charge in [-0.2, -0.15) is 4.31 Å². The van der Waals surface area contributed by atoms with Gasteiger partial charge in [0.15, 0.2) is 0 Å². The average Bonchev–Trinajstić information content (AvgIpc) is 2.80. The molecular weight excluding hydrogens is 285 g/mol. The molecule has 0 spiro atoms. The van der Waals surface area contributed by atoms with Crippen LogP contribution in [0.4, 0.5) is 4.39 Å². The predicted octanol–water partition coefficient (Wildman–Crippen LogP) is 0.910. The molecule has 1 saturated heterocycles. The summed E-state index contributed by atoms with van der Waals surface area (Å²) in [5.41, 5.74) is 0.684. The molecule has 1 aliphatic heterocycles. The number of sulfonamides is 1. The highest BCUT2D eigenvalue weighted by atomic mass is 32.2. The van der Waals surface area contributed by atoms with E-state index in [1.54, 1.807) is 12.1 Å². The summed E-state index contributed by atoms with van der Waals surface area (Å²) in [5.74, 6) is -0.505. The van der Waals surface area contributed by atoms with Gasteiger partial charge in [-0.25, -0.2) is 12.8 Å². The Balaban J connectivity index is 2.24. The lowest BCUT2D eigenvalue weighted by Gasteiger charge is -2.24. The number of nitrogens with zero attached hydrogens (tertiary/aromatic N) is 1. The summed E-state index contributed by atoms with van der Waals surface area (Å²) < 4.78 is 43.5. The standard InChI is InChI=1S/C13H18FNO4S/c1-19-6-7-20(17,18)15-9-12(16)8-13(15)10-2-4-11(14)5-3-10/h2-5,12-13,16H,6-9H2,1H3. The Labute approximate surface area is 118 Å². The molecule has 1 N–H and O–H groups in total. The van der Waals surface area contributed by atoms with Crippen molar-refractivity contribution in [2.24, 2.45) is 0 Å². The van der Waals surface area contributed by atoms with E-state index in [0.29, 0.717) is 12.0 Å². The van der Waals surface area contributed by atoms with Crippen LogP contribution in [0.3, 0.4) is 0 Å². The van der Waals surface area contributed by atoms with E-state index in [1.807, 2.05) is 0 Å². The topological polar surface area (TPSA) is 66.8 Å². The first-order chi connectivity index (χ1) is 9.44. The molecule has 112 valence electrons. The summed E-state index contributed by atoms with van der Waals surface area (Å²) >= 11 is 0. The maximum Gasteiger partial charge on any atom is 0.217 e. The summed E-state index contributed by atoms with van der Waals surface area (Å²) in [4.78, 5) is 0. The zero-order chi connectivity index (χ0) is 14.8. The SMILES string of the molecule is COCCS(=O)(=O)N1CC(O)CC1c1ccc(F)cc1. The number of ether oxygens (including phenoxy) is 1. The van der Waals surface area contributed by atoms with Gasteiger partial charge < -0.3 is 9.84 Å². The Hall–Kier alpha value is -1.02. The number of β-amino-alcohol motifs (C(OH)–C–C–N with tert-alkyl or cyclic N) is 1. The van der Waals surface area contributed by atoms with E-state index in [1.165, 1.54) is 23.5 Å². The fraction of sp³-hybridized carbons (Fsp3) is 0.538. The highest BCUT2D eigenvalue weighted by Crippen LogP contribution is 2.34. The third-order valence-corrected chi connectivity index (χ3v) is 5.19. The molecule has 0 saturated carbocycles. The molecule has 0 radical (unpaired) electrons. The van der Waals surface area contributed by atoms with Crippen molar-refractivity contribution in [1.29, 1.82) is 0 Å². The Morgan fingerprint density at radius 3 is 2.65 bits per heavy atom. The van der Waals surface area contributed by atoms with Crippen LogP contribution in [0.1, 0.15) is 18.0 Å². The van der Waals surface area contributed by atoms with Gasteiger partial charge >= 0.3 is 0 Å². The lowest BCUT2D eigenvalue weighted by molar-refractivity contribution is 0.188. The Kier molecular flexibility index (Phi) is 4.74. The molecule has 2 unspecified atom stereocenters. The molecule has 2 atom stereocenters. The van der Waals surface area contributed by atoms with Gasteiger partial charge in [-0.05, 0) is 24.1 Å². The van der Waals surface area contributed by atoms with Crippen molar-refractivity contribution < 1.29 is 22.7 Å². The number of rotatable bonds is 5. The van der Waals surface area contributed by atoms with E-state index in [-0.39, 0.29) is 24.7 Å². The van der Waals surface area contributed by atoms with Crippen LogP contribution in [0.15, 0.2) is 24.3 Å². The van der Waals surface area contributed by atoms with Crippen molar-refractivity contribution in [3.63, 3.8) is 0 Å². The number of methoxy groups -OCH3 is 1. The van der Waals surface area contributed by atoms with Crippen molar-refractivity contribution in [3.8, 4) is 0 Å². The largest absolute Gasteiger partial charge is 0.392 e. The number of benzene rings is 1. The number of aliphatic hydroxyl groups excluding tert-OH is 1. The van der Waals surface area contributed by atoms with Crippen LogP contribution in [0.5, 0.6) is 0 Å². The van der Waals surface area contributed by atoms with Crippen LogP contribution < -0.4 is 0 Å². The maximum atomic E-state index is 13.0. The first-order valence-corrected chi connectivity index (χ1v) is 7.97. The average molecular weight is 303 g/mol. The highest BCUT2D eigenvalue weighted by Gasteiger charge is 2.39. The summed E-state index contributed by atoms with van der Waals surface area (Å²) in [6.45, 7) is 0.166. The lowest BCUT2D eigenvalue weighted by Crippen LogP contribution is -2.34. The first-order valence-electron chi connectivity index (χ1n) is 6.36. The number of hydrogen-bond acceptors (Lipinski definition) is 4. The molecule has 5 nitrogen and oxygen atoms in total. The fourth-order valence-electron chi connectivity index (χ4n) is 2.39. The Morgan fingerprint density at radius 2 is 2.05 bits per heavy atom. The zero-order valence-corrected chi connectivity index (χ0v) is 12.0. The van der Waals surface area contributed by atoms with Crippen molar-refractivity contribution in [1.82, 2.24) is 4.31 Å². The number of halogens is 1. The zero-order valence-electron chi connectivity index (χ0n) is 11.2. The second kappa shape index (κ2) is 6.17.